The standard InChI is InChI=1S/C9H13NO.C4H4Cl2O/c1-10-9(7-11)8-5-3-2-4-6-8;1-3(5)4(6)2-7/h2-6,9-11H,7H2,1H3;2H,1H3/b;4-3-. The van der Waals surface area contributed by atoms with Gasteiger partial charge in [-0.3, -0.25) is 4.79 Å². The van der Waals surface area contributed by atoms with Gasteiger partial charge in [0.25, 0.3) is 0 Å². The molecule has 100 valence electrons. The highest BCUT2D eigenvalue weighted by Gasteiger charge is 2.04. The molecule has 1 aromatic rings. The lowest BCUT2D eigenvalue weighted by Crippen LogP contribution is -2.19. The molecule has 0 spiro atoms. The zero-order chi connectivity index (χ0) is 14.0. The molecule has 0 aliphatic carbocycles. The van der Waals surface area contributed by atoms with Crippen LogP contribution in [0.5, 0.6) is 0 Å². The molecule has 2 N–H and O–H groups in total. The van der Waals surface area contributed by atoms with Crippen molar-refractivity contribution in [2.24, 2.45) is 0 Å². The van der Waals surface area contributed by atoms with Crippen molar-refractivity contribution in [2.45, 2.75) is 13.0 Å². The highest BCUT2D eigenvalue weighted by atomic mass is 35.5. The van der Waals surface area contributed by atoms with E-state index in [1.807, 2.05) is 37.4 Å². The van der Waals surface area contributed by atoms with Crippen molar-refractivity contribution >= 4 is 29.5 Å². The average molecular weight is 290 g/mol. The molecule has 0 radical (unpaired) electrons. The van der Waals surface area contributed by atoms with Crippen LogP contribution in [0.3, 0.4) is 0 Å². The molecule has 0 aliphatic heterocycles. The van der Waals surface area contributed by atoms with Gasteiger partial charge in [0.2, 0.25) is 0 Å². The summed E-state index contributed by atoms with van der Waals surface area (Å²) in [6.45, 7) is 1.69. The molecule has 0 fully saturated rings. The van der Waals surface area contributed by atoms with E-state index in [1.165, 1.54) is 0 Å². The van der Waals surface area contributed by atoms with E-state index in [4.69, 9.17) is 28.3 Å². The fourth-order valence-electron chi connectivity index (χ4n) is 1.13. The third-order valence-corrected chi connectivity index (χ3v) is 2.84. The van der Waals surface area contributed by atoms with Gasteiger partial charge in [0.15, 0.2) is 6.29 Å². The monoisotopic (exact) mass is 289 g/mol. The maximum Gasteiger partial charge on any atom is 0.162 e. The molecule has 0 saturated carbocycles. The Morgan fingerprint density at radius 3 is 2.22 bits per heavy atom. The maximum atomic E-state index is 9.67. The minimum Gasteiger partial charge on any atom is -0.394 e. The normalized spacial score (nSPS) is 12.9. The molecule has 0 aliphatic rings. The number of hydrogen-bond acceptors (Lipinski definition) is 3. The van der Waals surface area contributed by atoms with E-state index < -0.39 is 0 Å². The van der Waals surface area contributed by atoms with Crippen molar-refractivity contribution in [1.29, 1.82) is 0 Å². The first-order valence-corrected chi connectivity index (χ1v) is 6.12. The fraction of sp³-hybridized carbons (Fsp3) is 0.308. The minimum absolute atomic E-state index is 0.0659. The van der Waals surface area contributed by atoms with Crippen LogP contribution in [-0.2, 0) is 4.79 Å². The Kier molecular flexibility index (Phi) is 9.60. The van der Waals surface area contributed by atoms with E-state index in [0.29, 0.717) is 11.3 Å². The number of carbonyl (C=O) groups excluding carboxylic acids is 1. The van der Waals surface area contributed by atoms with Gasteiger partial charge in [-0.1, -0.05) is 53.5 Å². The van der Waals surface area contributed by atoms with Gasteiger partial charge in [-0.2, -0.15) is 0 Å². The highest BCUT2D eigenvalue weighted by molar-refractivity contribution is 6.45. The first-order valence-electron chi connectivity index (χ1n) is 5.36. The van der Waals surface area contributed by atoms with E-state index in [-0.39, 0.29) is 17.7 Å². The summed E-state index contributed by atoms with van der Waals surface area (Å²) < 4.78 is 0. The van der Waals surface area contributed by atoms with Crippen LogP contribution in [0.15, 0.2) is 40.4 Å². The van der Waals surface area contributed by atoms with E-state index in [1.54, 1.807) is 6.92 Å². The minimum atomic E-state index is 0.0659. The molecule has 5 heteroatoms. The summed E-state index contributed by atoms with van der Waals surface area (Å²) in [5.74, 6) is 0. The van der Waals surface area contributed by atoms with E-state index in [2.05, 4.69) is 5.32 Å². The lowest BCUT2D eigenvalue weighted by atomic mass is 10.1. The largest absolute Gasteiger partial charge is 0.394 e. The number of aliphatic hydroxyl groups excluding tert-OH is 1. The molecule has 1 unspecified atom stereocenters. The van der Waals surface area contributed by atoms with Gasteiger partial charge in [0.05, 0.1) is 17.7 Å². The summed E-state index contributed by atoms with van der Waals surface area (Å²) in [4.78, 5) is 9.67. The molecule has 0 heterocycles. The lowest BCUT2D eigenvalue weighted by Gasteiger charge is -2.12. The summed E-state index contributed by atoms with van der Waals surface area (Å²) in [7, 11) is 1.84. The third-order valence-electron chi connectivity index (χ3n) is 2.17. The first kappa shape index (κ1) is 17.1. The number of aldehydes is 1. The number of likely N-dealkylation sites (N-methyl/N-ethyl adjacent to an activating group) is 1. The van der Waals surface area contributed by atoms with Crippen molar-refractivity contribution in [1.82, 2.24) is 5.32 Å². The number of rotatable bonds is 4. The van der Waals surface area contributed by atoms with Crippen LogP contribution < -0.4 is 5.32 Å². The van der Waals surface area contributed by atoms with Crippen molar-refractivity contribution in [2.75, 3.05) is 13.7 Å². The number of benzene rings is 1. The number of carbonyl (C=O) groups is 1. The highest BCUT2D eigenvalue weighted by Crippen LogP contribution is 2.10. The van der Waals surface area contributed by atoms with Crippen LogP contribution in [0.25, 0.3) is 0 Å². The summed E-state index contributed by atoms with van der Waals surface area (Å²) in [6, 6.07) is 9.96. The molecule has 3 nitrogen and oxygen atoms in total. The Morgan fingerprint density at radius 1 is 1.39 bits per heavy atom. The van der Waals surface area contributed by atoms with E-state index >= 15 is 0 Å². The van der Waals surface area contributed by atoms with E-state index in [9.17, 15) is 4.79 Å². The van der Waals surface area contributed by atoms with Gasteiger partial charge in [0, 0.05) is 5.03 Å². The van der Waals surface area contributed by atoms with Gasteiger partial charge in [0.1, 0.15) is 0 Å². The van der Waals surface area contributed by atoms with Crippen LogP contribution in [0, 0.1) is 0 Å². The summed E-state index contributed by atoms with van der Waals surface area (Å²) in [5, 5.41) is 12.3. The van der Waals surface area contributed by atoms with Gasteiger partial charge >= 0.3 is 0 Å². The van der Waals surface area contributed by atoms with Crippen LogP contribution in [-0.4, -0.2) is 25.0 Å². The average Bonchev–Trinajstić information content (AvgIpc) is 2.41. The number of hydrogen-bond donors (Lipinski definition) is 2. The van der Waals surface area contributed by atoms with Crippen LogP contribution in [0.2, 0.25) is 0 Å². The summed E-state index contributed by atoms with van der Waals surface area (Å²) in [5.41, 5.74) is 1.12. The lowest BCUT2D eigenvalue weighted by molar-refractivity contribution is -0.104. The van der Waals surface area contributed by atoms with Crippen LogP contribution in [0.4, 0.5) is 0 Å². The first-order chi connectivity index (χ1) is 8.56. The number of aliphatic hydroxyl groups is 1. The van der Waals surface area contributed by atoms with Crippen molar-refractivity contribution in [3.05, 3.63) is 46.0 Å². The van der Waals surface area contributed by atoms with Crippen molar-refractivity contribution < 1.29 is 9.90 Å². The molecule has 0 saturated heterocycles. The molecule has 0 amide bonds. The molecule has 1 aromatic carbocycles. The second-order valence-corrected chi connectivity index (χ2v) is 4.41. The zero-order valence-electron chi connectivity index (χ0n) is 10.4. The molecule has 18 heavy (non-hydrogen) atoms. The number of halogens is 2. The SMILES string of the molecule is C/C(Cl)=C(/Cl)C=O.CNC(CO)c1ccccc1. The van der Waals surface area contributed by atoms with Gasteiger partial charge in [-0.05, 0) is 19.5 Å². The third kappa shape index (κ3) is 6.77. The van der Waals surface area contributed by atoms with Crippen molar-refractivity contribution in [3.63, 3.8) is 0 Å². The Labute approximate surface area is 117 Å². The second kappa shape index (κ2) is 10.1. The Bertz CT molecular complexity index is 372. The van der Waals surface area contributed by atoms with Crippen LogP contribution >= 0.6 is 23.2 Å². The number of nitrogens with one attached hydrogen (secondary N) is 1. The van der Waals surface area contributed by atoms with Gasteiger partial charge in [-0.15, -0.1) is 0 Å². The molecule has 1 rings (SSSR count). The summed E-state index contributed by atoms with van der Waals surface area (Å²) >= 11 is 10.4. The van der Waals surface area contributed by atoms with Crippen molar-refractivity contribution in [3.8, 4) is 0 Å². The number of allylic oxidation sites excluding steroid dienone is 2. The maximum absolute atomic E-state index is 9.67. The fourth-order valence-corrected chi connectivity index (χ4v) is 1.17. The second-order valence-electron chi connectivity index (χ2n) is 3.43. The van der Waals surface area contributed by atoms with Gasteiger partial charge in [-0.25, -0.2) is 0 Å². The Hall–Kier alpha value is -0.870. The van der Waals surface area contributed by atoms with E-state index in [0.717, 1.165) is 5.56 Å². The smallest absolute Gasteiger partial charge is 0.162 e. The molecule has 0 aromatic heterocycles. The predicted octanol–water partition coefficient (Wildman–Crippen LogP) is 2.83. The predicted molar refractivity (Wildman–Crippen MR) is 75.8 cm³/mol. The summed E-state index contributed by atoms with van der Waals surface area (Å²) in [6.07, 6.45) is 0.504. The Balaban J connectivity index is 0.000000360. The quantitative estimate of drug-likeness (QED) is 0.662. The molecular weight excluding hydrogens is 273 g/mol. The molecule has 1 atom stereocenters. The van der Waals surface area contributed by atoms with Crippen LogP contribution in [0.1, 0.15) is 18.5 Å². The molecular formula is C13H17Cl2NO2. The van der Waals surface area contributed by atoms with Gasteiger partial charge < -0.3 is 10.4 Å². The Morgan fingerprint density at radius 2 is 1.94 bits per heavy atom. The molecule has 0 bridgehead atoms. The zero-order valence-corrected chi connectivity index (χ0v) is 11.9. The topological polar surface area (TPSA) is 49.3 Å².